The Balaban J connectivity index is 1.30. The lowest BCUT2D eigenvalue weighted by atomic mass is 9.69. The van der Waals surface area contributed by atoms with Gasteiger partial charge in [0.05, 0.1) is 36.2 Å². The molecule has 1 heterocycles. The first kappa shape index (κ1) is 22.8. The fourth-order valence-electron chi connectivity index (χ4n) is 4.53. The third kappa shape index (κ3) is 4.53. The zero-order valence-corrected chi connectivity index (χ0v) is 19.2. The smallest absolute Gasteiger partial charge is 0.297 e. The van der Waals surface area contributed by atoms with Crippen molar-refractivity contribution in [1.82, 2.24) is 0 Å². The number of nitrogens with one attached hydrogen (secondary N) is 1. The Bertz CT molecular complexity index is 1070. The molecule has 7 nitrogen and oxygen atoms in total. The second-order valence-electron chi connectivity index (χ2n) is 8.34. The topological polar surface area (TPSA) is 90.9 Å². The molecule has 0 radical (unpaired) electrons. The molecule has 32 heavy (non-hydrogen) atoms. The van der Waals surface area contributed by atoms with E-state index in [-0.39, 0.29) is 30.1 Å². The average molecular weight is 460 g/mol. The maximum Gasteiger partial charge on any atom is 0.297 e. The summed E-state index contributed by atoms with van der Waals surface area (Å²) in [6.45, 7) is 4.54. The van der Waals surface area contributed by atoms with Crippen molar-refractivity contribution < 1.29 is 26.9 Å². The summed E-state index contributed by atoms with van der Waals surface area (Å²) in [5.74, 6) is 0.805. The maximum atomic E-state index is 12.8. The molecule has 1 aliphatic heterocycles. The first-order valence-electron chi connectivity index (χ1n) is 11.0. The van der Waals surface area contributed by atoms with E-state index in [2.05, 4.69) is 5.32 Å². The number of hydrogen-bond donors (Lipinski definition) is 1. The van der Waals surface area contributed by atoms with E-state index in [1.807, 2.05) is 32.0 Å². The molecule has 0 atom stereocenters. The van der Waals surface area contributed by atoms with Gasteiger partial charge in [0.15, 0.2) is 0 Å². The van der Waals surface area contributed by atoms with Gasteiger partial charge in [-0.25, -0.2) is 0 Å². The van der Waals surface area contributed by atoms with Crippen molar-refractivity contribution in [2.75, 3.05) is 25.1 Å². The van der Waals surface area contributed by atoms with Crippen molar-refractivity contribution in [1.29, 1.82) is 0 Å². The number of hydrogen-bond acceptors (Lipinski definition) is 6. The van der Waals surface area contributed by atoms with Gasteiger partial charge >= 0.3 is 0 Å². The standard InChI is InChI=1S/C24H29NO6S/c1-3-29-19-6-9-22-21(16-19)24(23(26)25-22)12-10-18(11-13-24)30-14-15-31-32(27,28)20-7-4-17(2)5-8-20/h4-9,16,18H,3,10-15H2,1-2H3,(H,25,26). The quantitative estimate of drug-likeness (QED) is 0.475. The van der Waals surface area contributed by atoms with Gasteiger partial charge in [-0.1, -0.05) is 17.7 Å². The highest BCUT2D eigenvalue weighted by atomic mass is 32.2. The van der Waals surface area contributed by atoms with Crippen LogP contribution in [0, 0.1) is 6.92 Å². The van der Waals surface area contributed by atoms with Gasteiger partial charge in [-0.2, -0.15) is 8.42 Å². The summed E-state index contributed by atoms with van der Waals surface area (Å²) >= 11 is 0. The lowest BCUT2D eigenvalue weighted by molar-refractivity contribution is -0.123. The van der Waals surface area contributed by atoms with Crippen LogP contribution in [0.15, 0.2) is 47.4 Å². The van der Waals surface area contributed by atoms with Crippen LogP contribution in [0.1, 0.15) is 43.7 Å². The predicted octanol–water partition coefficient (Wildman–Crippen LogP) is 3.95. The van der Waals surface area contributed by atoms with E-state index in [1.165, 1.54) is 12.1 Å². The molecule has 4 rings (SSSR count). The third-order valence-corrected chi connectivity index (χ3v) is 7.60. The molecule has 172 valence electrons. The number of rotatable bonds is 8. The van der Waals surface area contributed by atoms with Crippen LogP contribution in [0.4, 0.5) is 5.69 Å². The molecule has 1 saturated carbocycles. The van der Waals surface area contributed by atoms with Crippen LogP contribution < -0.4 is 10.1 Å². The molecular weight excluding hydrogens is 430 g/mol. The van der Waals surface area contributed by atoms with Crippen LogP contribution in [0.2, 0.25) is 0 Å². The van der Waals surface area contributed by atoms with E-state index in [4.69, 9.17) is 13.7 Å². The minimum Gasteiger partial charge on any atom is -0.494 e. The summed E-state index contributed by atoms with van der Waals surface area (Å²) < 4.78 is 41.1. The Morgan fingerprint density at radius 3 is 2.47 bits per heavy atom. The van der Waals surface area contributed by atoms with Crippen LogP contribution in [0.3, 0.4) is 0 Å². The van der Waals surface area contributed by atoms with Gasteiger partial charge in [-0.05, 0) is 75.4 Å². The Morgan fingerprint density at radius 2 is 1.78 bits per heavy atom. The third-order valence-electron chi connectivity index (χ3n) is 6.27. The molecule has 1 fully saturated rings. The number of carbonyl (C=O) groups is 1. The molecule has 1 spiro atoms. The van der Waals surface area contributed by atoms with Gasteiger partial charge in [0, 0.05) is 5.69 Å². The zero-order chi connectivity index (χ0) is 22.8. The number of carbonyl (C=O) groups excluding carboxylic acids is 1. The first-order chi connectivity index (χ1) is 15.3. The summed E-state index contributed by atoms with van der Waals surface area (Å²) in [4.78, 5) is 13.0. The predicted molar refractivity (Wildman–Crippen MR) is 120 cm³/mol. The summed E-state index contributed by atoms with van der Waals surface area (Å²) in [7, 11) is -3.79. The number of ether oxygens (including phenoxy) is 2. The van der Waals surface area contributed by atoms with Crippen molar-refractivity contribution >= 4 is 21.7 Å². The molecule has 0 aromatic heterocycles. The monoisotopic (exact) mass is 459 g/mol. The van der Waals surface area contributed by atoms with E-state index in [1.54, 1.807) is 12.1 Å². The summed E-state index contributed by atoms with van der Waals surface area (Å²) in [5.41, 5.74) is 2.29. The molecule has 2 aromatic carbocycles. The molecule has 1 aliphatic carbocycles. The second-order valence-corrected chi connectivity index (χ2v) is 9.95. The minimum atomic E-state index is -3.79. The molecule has 1 N–H and O–H groups in total. The SMILES string of the molecule is CCOc1ccc2c(c1)C1(CCC(OCCOS(=O)(=O)c3ccc(C)cc3)CC1)C(=O)N2. The van der Waals surface area contributed by atoms with E-state index < -0.39 is 15.5 Å². The van der Waals surface area contributed by atoms with Gasteiger partial charge in [0.25, 0.3) is 10.1 Å². The van der Waals surface area contributed by atoms with E-state index in [9.17, 15) is 13.2 Å². The van der Waals surface area contributed by atoms with Gasteiger partial charge < -0.3 is 14.8 Å². The van der Waals surface area contributed by atoms with Crippen molar-refractivity contribution in [2.45, 2.75) is 55.9 Å². The molecule has 2 aromatic rings. The molecule has 0 unspecified atom stereocenters. The van der Waals surface area contributed by atoms with Gasteiger partial charge in [0.2, 0.25) is 5.91 Å². The van der Waals surface area contributed by atoms with Crippen LogP contribution in [-0.4, -0.2) is 40.2 Å². The number of amides is 1. The van der Waals surface area contributed by atoms with Crippen molar-refractivity contribution in [2.24, 2.45) is 0 Å². The Hall–Kier alpha value is -2.42. The average Bonchev–Trinajstić information content (AvgIpc) is 3.04. The lowest BCUT2D eigenvalue weighted by Gasteiger charge is -2.35. The molecule has 2 aliphatic rings. The Labute approximate surface area is 189 Å². The van der Waals surface area contributed by atoms with Gasteiger partial charge in [-0.3, -0.25) is 8.98 Å². The minimum absolute atomic E-state index is 0.0294. The van der Waals surface area contributed by atoms with Crippen LogP contribution in [-0.2, 0) is 29.2 Å². The second kappa shape index (κ2) is 9.21. The molecule has 0 saturated heterocycles. The molecule has 1 amide bonds. The highest BCUT2D eigenvalue weighted by Gasteiger charge is 2.49. The number of benzene rings is 2. The number of aryl methyl sites for hydroxylation is 1. The van der Waals surface area contributed by atoms with Crippen LogP contribution in [0.5, 0.6) is 5.75 Å². The highest BCUT2D eigenvalue weighted by Crippen LogP contribution is 2.48. The van der Waals surface area contributed by atoms with Crippen LogP contribution >= 0.6 is 0 Å². The van der Waals surface area contributed by atoms with Crippen molar-refractivity contribution in [3.8, 4) is 5.75 Å². The van der Waals surface area contributed by atoms with E-state index in [0.29, 0.717) is 19.4 Å². The van der Waals surface area contributed by atoms with Gasteiger partial charge in [-0.15, -0.1) is 0 Å². The summed E-state index contributed by atoms with van der Waals surface area (Å²) in [6.07, 6.45) is 2.76. The molecule has 8 heteroatoms. The van der Waals surface area contributed by atoms with Gasteiger partial charge in [0.1, 0.15) is 5.75 Å². The fourth-order valence-corrected chi connectivity index (χ4v) is 5.42. The number of anilines is 1. The van der Waals surface area contributed by atoms with Crippen molar-refractivity contribution in [3.05, 3.63) is 53.6 Å². The maximum absolute atomic E-state index is 12.8. The molecule has 0 bridgehead atoms. The van der Waals surface area contributed by atoms with E-state index in [0.717, 1.165) is 35.4 Å². The summed E-state index contributed by atoms with van der Waals surface area (Å²) in [5, 5.41) is 3.01. The normalized spacial score (nSPS) is 22.6. The fraction of sp³-hybridized carbons (Fsp3) is 0.458. The Kier molecular flexibility index (Phi) is 6.55. The summed E-state index contributed by atoms with van der Waals surface area (Å²) in [6, 6.07) is 12.3. The van der Waals surface area contributed by atoms with Crippen molar-refractivity contribution in [3.63, 3.8) is 0 Å². The highest BCUT2D eigenvalue weighted by molar-refractivity contribution is 7.86. The lowest BCUT2D eigenvalue weighted by Crippen LogP contribution is -2.40. The van der Waals surface area contributed by atoms with E-state index >= 15 is 0 Å². The zero-order valence-electron chi connectivity index (χ0n) is 18.4. The largest absolute Gasteiger partial charge is 0.494 e. The number of fused-ring (bicyclic) bond motifs is 2. The van der Waals surface area contributed by atoms with Crippen LogP contribution in [0.25, 0.3) is 0 Å². The Morgan fingerprint density at radius 1 is 1.06 bits per heavy atom. The first-order valence-corrected chi connectivity index (χ1v) is 12.4. The molecular formula is C24H29NO6S.